The number of rotatable bonds is 5. The molecule has 7 aromatic carbocycles. The van der Waals surface area contributed by atoms with E-state index in [1.54, 1.807) is 7.11 Å². The molecule has 2 aliphatic heterocycles. The third-order valence-electron chi connectivity index (χ3n) is 10.0. The molecule has 2 aliphatic rings. The summed E-state index contributed by atoms with van der Waals surface area (Å²) >= 11 is 0. The Labute approximate surface area is 280 Å². The van der Waals surface area contributed by atoms with E-state index in [2.05, 4.69) is 138 Å². The largest absolute Gasteiger partial charge is 0.497 e. The SMILES string of the molecule is COc1ccc(C2(c3ccc(N4CCOCC4)cc3)C=Cc3c(-c4ccccc4)cc4c5ccccc5c5ccccc5c4c3O2)cc1. The van der Waals surface area contributed by atoms with Crippen molar-refractivity contribution in [1.29, 1.82) is 0 Å². The van der Waals surface area contributed by atoms with Gasteiger partial charge in [0.2, 0.25) is 0 Å². The molecule has 1 unspecified atom stereocenters. The number of fused-ring (bicyclic) bond motifs is 8. The van der Waals surface area contributed by atoms with Gasteiger partial charge < -0.3 is 19.1 Å². The van der Waals surface area contributed by atoms with Crippen molar-refractivity contribution in [3.63, 3.8) is 0 Å². The van der Waals surface area contributed by atoms with E-state index in [9.17, 15) is 0 Å². The standard InChI is InChI=1S/C44H35NO3/c1-46-34-21-17-32(18-22-34)44(31-15-19-33(20-16-31)45-25-27-47-28-26-45)24-23-39-40(30-9-3-2-4-10-30)29-41-37-13-6-5-11-35(37)36-12-7-8-14-38(36)42(41)43(39)48-44/h2-24,29H,25-28H2,1H3. The summed E-state index contributed by atoms with van der Waals surface area (Å²) in [6.45, 7) is 3.28. The predicted octanol–water partition coefficient (Wildman–Crippen LogP) is 10.0. The van der Waals surface area contributed by atoms with Crippen molar-refractivity contribution in [2.24, 2.45) is 0 Å². The molecule has 0 amide bonds. The molecule has 9 rings (SSSR count). The lowest BCUT2D eigenvalue weighted by atomic mass is 9.81. The van der Waals surface area contributed by atoms with E-state index in [-0.39, 0.29) is 0 Å². The monoisotopic (exact) mass is 625 g/mol. The van der Waals surface area contributed by atoms with Crippen LogP contribution in [0.1, 0.15) is 16.7 Å². The summed E-state index contributed by atoms with van der Waals surface area (Å²) in [6.07, 6.45) is 4.52. The summed E-state index contributed by atoms with van der Waals surface area (Å²) in [7, 11) is 1.70. The second kappa shape index (κ2) is 11.6. The van der Waals surface area contributed by atoms with Crippen molar-refractivity contribution in [3.8, 4) is 22.6 Å². The van der Waals surface area contributed by atoms with Crippen LogP contribution in [0, 0.1) is 0 Å². The summed E-state index contributed by atoms with van der Waals surface area (Å²) in [5.41, 5.74) is 5.82. The van der Waals surface area contributed by atoms with E-state index in [1.165, 1.54) is 32.6 Å². The Balaban J connectivity index is 1.34. The zero-order valence-corrected chi connectivity index (χ0v) is 26.9. The average molecular weight is 626 g/mol. The van der Waals surface area contributed by atoms with Crippen molar-refractivity contribution < 1.29 is 14.2 Å². The van der Waals surface area contributed by atoms with Gasteiger partial charge in [-0.1, -0.05) is 103 Å². The molecular weight excluding hydrogens is 590 g/mol. The van der Waals surface area contributed by atoms with Crippen LogP contribution in [0.4, 0.5) is 5.69 Å². The van der Waals surface area contributed by atoms with E-state index in [1.807, 2.05) is 12.1 Å². The molecule has 0 bridgehead atoms. The first-order chi connectivity index (χ1) is 23.7. The quantitative estimate of drug-likeness (QED) is 0.178. The molecule has 234 valence electrons. The fourth-order valence-electron chi connectivity index (χ4n) is 7.62. The zero-order valence-electron chi connectivity index (χ0n) is 26.9. The highest BCUT2D eigenvalue weighted by Gasteiger charge is 2.39. The maximum absolute atomic E-state index is 7.62. The van der Waals surface area contributed by atoms with Gasteiger partial charge in [0, 0.05) is 40.9 Å². The summed E-state index contributed by atoms with van der Waals surface area (Å²) in [4.78, 5) is 2.39. The number of hydrogen-bond acceptors (Lipinski definition) is 4. The Kier molecular flexibility index (Phi) is 6.91. The van der Waals surface area contributed by atoms with Gasteiger partial charge in [-0.15, -0.1) is 0 Å². The van der Waals surface area contributed by atoms with Gasteiger partial charge in [0.05, 0.1) is 20.3 Å². The molecule has 0 spiro atoms. The first kappa shape index (κ1) is 28.6. The molecule has 2 heterocycles. The number of morpholine rings is 1. The molecular formula is C44H35NO3. The number of hydrogen-bond donors (Lipinski definition) is 0. The van der Waals surface area contributed by atoms with Crippen LogP contribution < -0.4 is 14.4 Å². The average Bonchev–Trinajstić information content (AvgIpc) is 3.18. The molecule has 48 heavy (non-hydrogen) atoms. The summed E-state index contributed by atoms with van der Waals surface area (Å²) < 4.78 is 18.8. The lowest BCUT2D eigenvalue weighted by molar-refractivity contribution is 0.122. The van der Waals surface area contributed by atoms with Crippen LogP contribution in [0.2, 0.25) is 0 Å². The minimum absolute atomic E-state index is 0.750. The van der Waals surface area contributed by atoms with Crippen LogP contribution in [0.25, 0.3) is 49.5 Å². The van der Waals surface area contributed by atoms with Gasteiger partial charge in [0.15, 0.2) is 5.60 Å². The van der Waals surface area contributed by atoms with E-state index in [4.69, 9.17) is 14.2 Å². The fraction of sp³-hybridized carbons (Fsp3) is 0.136. The van der Waals surface area contributed by atoms with E-state index >= 15 is 0 Å². The first-order valence-corrected chi connectivity index (χ1v) is 16.7. The Bertz CT molecular complexity index is 2320. The second-order valence-corrected chi connectivity index (χ2v) is 12.6. The van der Waals surface area contributed by atoms with Gasteiger partial charge in [0.25, 0.3) is 0 Å². The lowest BCUT2D eigenvalue weighted by Crippen LogP contribution is -2.37. The highest BCUT2D eigenvalue weighted by atomic mass is 16.5. The molecule has 4 nitrogen and oxygen atoms in total. The number of ether oxygens (including phenoxy) is 3. The van der Waals surface area contributed by atoms with E-state index in [0.717, 1.165) is 71.0 Å². The Morgan fingerprint density at radius 2 is 1.21 bits per heavy atom. The Morgan fingerprint density at radius 1 is 0.625 bits per heavy atom. The van der Waals surface area contributed by atoms with Gasteiger partial charge in [-0.3, -0.25) is 0 Å². The van der Waals surface area contributed by atoms with E-state index < -0.39 is 5.60 Å². The predicted molar refractivity (Wildman–Crippen MR) is 197 cm³/mol. The molecule has 0 N–H and O–H groups in total. The van der Waals surface area contributed by atoms with Crippen LogP contribution in [0.15, 0.2) is 140 Å². The summed E-state index contributed by atoms with van der Waals surface area (Å²) in [5, 5.41) is 7.18. The molecule has 0 aromatic heterocycles. The summed E-state index contributed by atoms with van der Waals surface area (Å²) in [5.74, 6) is 1.70. The van der Waals surface area contributed by atoms with Crippen LogP contribution in [0.5, 0.6) is 11.5 Å². The van der Waals surface area contributed by atoms with Gasteiger partial charge in [-0.2, -0.15) is 0 Å². The smallest absolute Gasteiger partial charge is 0.178 e. The fourth-order valence-corrected chi connectivity index (χ4v) is 7.62. The summed E-state index contributed by atoms with van der Waals surface area (Å²) in [6, 6.07) is 47.7. The molecule has 7 aromatic rings. The van der Waals surface area contributed by atoms with Crippen LogP contribution in [-0.4, -0.2) is 33.4 Å². The molecule has 4 heteroatoms. The minimum Gasteiger partial charge on any atom is -0.497 e. The normalized spacial score (nSPS) is 17.4. The first-order valence-electron chi connectivity index (χ1n) is 16.7. The molecule has 1 atom stereocenters. The van der Waals surface area contributed by atoms with Crippen molar-refractivity contribution in [2.45, 2.75) is 5.60 Å². The van der Waals surface area contributed by atoms with Crippen LogP contribution in [0.3, 0.4) is 0 Å². The molecule has 0 radical (unpaired) electrons. The van der Waals surface area contributed by atoms with Gasteiger partial charge in [-0.05, 0) is 80.5 Å². The lowest BCUT2D eigenvalue weighted by Gasteiger charge is -2.38. The van der Waals surface area contributed by atoms with Crippen molar-refractivity contribution in [2.75, 3.05) is 38.3 Å². The second-order valence-electron chi connectivity index (χ2n) is 12.6. The van der Waals surface area contributed by atoms with Crippen molar-refractivity contribution in [3.05, 3.63) is 156 Å². The maximum Gasteiger partial charge on any atom is 0.178 e. The number of nitrogens with zero attached hydrogens (tertiary/aromatic N) is 1. The van der Waals surface area contributed by atoms with Gasteiger partial charge in [-0.25, -0.2) is 0 Å². The minimum atomic E-state index is -0.877. The molecule has 1 fully saturated rings. The number of benzene rings is 7. The third kappa shape index (κ3) is 4.56. The number of anilines is 1. The Morgan fingerprint density at radius 3 is 1.88 bits per heavy atom. The highest BCUT2D eigenvalue weighted by Crippen LogP contribution is 2.51. The van der Waals surface area contributed by atoms with Crippen molar-refractivity contribution >= 4 is 44.1 Å². The van der Waals surface area contributed by atoms with Crippen LogP contribution >= 0.6 is 0 Å². The third-order valence-corrected chi connectivity index (χ3v) is 10.0. The van der Waals surface area contributed by atoms with Gasteiger partial charge in [0.1, 0.15) is 11.5 Å². The van der Waals surface area contributed by atoms with Crippen LogP contribution in [-0.2, 0) is 10.3 Å². The molecule has 1 saturated heterocycles. The van der Waals surface area contributed by atoms with Gasteiger partial charge >= 0.3 is 0 Å². The zero-order chi connectivity index (χ0) is 32.1. The molecule has 0 aliphatic carbocycles. The maximum atomic E-state index is 7.62. The van der Waals surface area contributed by atoms with Crippen molar-refractivity contribution in [1.82, 2.24) is 0 Å². The topological polar surface area (TPSA) is 30.9 Å². The molecule has 0 saturated carbocycles. The Hall–Kier alpha value is -5.58. The van der Waals surface area contributed by atoms with E-state index in [0.29, 0.717) is 0 Å². The number of methoxy groups -OCH3 is 1. The highest BCUT2D eigenvalue weighted by molar-refractivity contribution is 6.28.